The van der Waals surface area contributed by atoms with Crippen molar-refractivity contribution in [1.29, 1.82) is 0 Å². The topological polar surface area (TPSA) is 85.5 Å². The summed E-state index contributed by atoms with van der Waals surface area (Å²) in [5.74, 6) is -1.22. The number of nitrogens with zero attached hydrogens (tertiary/aromatic N) is 3. The van der Waals surface area contributed by atoms with Crippen molar-refractivity contribution in [2.45, 2.75) is 25.4 Å². The van der Waals surface area contributed by atoms with Crippen molar-refractivity contribution in [2.24, 2.45) is 0 Å². The van der Waals surface area contributed by atoms with Crippen LogP contribution in [0.25, 0.3) is 11.1 Å². The molecular weight excluding hydrogens is 492 g/mol. The summed E-state index contributed by atoms with van der Waals surface area (Å²) >= 11 is 0. The van der Waals surface area contributed by atoms with E-state index in [-0.39, 0.29) is 35.1 Å². The number of carboxylic acids is 1. The smallest absolute Gasteiger partial charge is 0.545 e. The maximum absolute atomic E-state index is 13.0. The van der Waals surface area contributed by atoms with Crippen LogP contribution in [-0.2, 0) is 12.6 Å². The summed E-state index contributed by atoms with van der Waals surface area (Å²) in [4.78, 5) is 19.7. The van der Waals surface area contributed by atoms with Crippen LogP contribution in [0.4, 0.5) is 24.5 Å². The number of unbranched alkanes of at least 4 members (excludes halogenated alkanes) is 1. The molecule has 6 nitrogen and oxygen atoms in total. The number of carboxylic acid groups (broad SMARTS) is 1. The number of carbonyl (C=O) groups is 1. The molecule has 0 unspecified atom stereocenters. The average molecular weight is 521 g/mol. The number of nitrogen functional groups attached to an aromatic ring is 1. The monoisotopic (exact) mass is 520 g/mol. The number of hydrogen-bond donors (Lipinski definition) is 1. The van der Waals surface area contributed by atoms with Gasteiger partial charge in [0.25, 0.3) is 0 Å². The molecule has 1 saturated heterocycles. The third-order valence-electron chi connectivity index (χ3n) is 6.55. The Bertz CT molecular complexity index is 1200. The Morgan fingerprint density at radius 1 is 1.00 bits per heavy atom. The molecule has 1 aromatic heterocycles. The number of halogens is 3. The van der Waals surface area contributed by atoms with Crippen molar-refractivity contribution in [3.05, 3.63) is 77.6 Å². The molecule has 0 radical (unpaired) electrons. The van der Waals surface area contributed by atoms with Gasteiger partial charge >= 0.3 is 35.7 Å². The van der Waals surface area contributed by atoms with Gasteiger partial charge in [-0.05, 0) is 61.2 Å². The molecule has 37 heavy (non-hydrogen) atoms. The van der Waals surface area contributed by atoms with E-state index in [0.717, 1.165) is 61.8 Å². The molecule has 0 spiro atoms. The van der Waals surface area contributed by atoms with Gasteiger partial charge in [-0.2, -0.15) is 13.2 Å². The third kappa shape index (κ3) is 7.47. The van der Waals surface area contributed by atoms with Gasteiger partial charge in [0.2, 0.25) is 0 Å². The van der Waals surface area contributed by atoms with Crippen LogP contribution < -0.4 is 45.3 Å². The second-order valence-electron chi connectivity index (χ2n) is 8.92. The van der Waals surface area contributed by atoms with E-state index in [9.17, 15) is 23.1 Å². The molecule has 2 N–H and O–H groups in total. The van der Waals surface area contributed by atoms with Crippen LogP contribution in [0.5, 0.6) is 0 Å². The Hall–Kier alpha value is -2.59. The van der Waals surface area contributed by atoms with Gasteiger partial charge < -0.3 is 20.5 Å². The number of aromatic nitrogens is 1. The second kappa shape index (κ2) is 12.8. The Labute approximate surface area is 236 Å². The van der Waals surface area contributed by atoms with E-state index in [4.69, 9.17) is 5.73 Å². The van der Waals surface area contributed by atoms with Crippen LogP contribution in [0.3, 0.4) is 0 Å². The van der Waals surface area contributed by atoms with Crippen LogP contribution in [0.15, 0.2) is 60.8 Å². The third-order valence-corrected chi connectivity index (χ3v) is 6.55. The Kier molecular flexibility index (Phi) is 10.0. The molecule has 3 aromatic rings. The number of nitrogens with two attached hydrogens (primary N) is 1. The summed E-state index contributed by atoms with van der Waals surface area (Å²) in [6, 6.07) is 13.7. The van der Waals surface area contributed by atoms with Gasteiger partial charge in [-0.25, -0.2) is 0 Å². The first-order valence-corrected chi connectivity index (χ1v) is 11.9. The molecule has 1 fully saturated rings. The molecule has 0 bridgehead atoms. The van der Waals surface area contributed by atoms with Crippen LogP contribution in [-0.4, -0.2) is 48.6 Å². The molecular formula is C27H28F3N4NaO2. The quantitative estimate of drug-likeness (QED) is 0.351. The predicted molar refractivity (Wildman–Crippen MR) is 131 cm³/mol. The Morgan fingerprint density at radius 2 is 1.70 bits per heavy atom. The molecule has 1 aliphatic heterocycles. The molecule has 4 rings (SSSR count). The van der Waals surface area contributed by atoms with Crippen molar-refractivity contribution in [3.63, 3.8) is 0 Å². The number of aromatic carboxylic acids is 1. The maximum Gasteiger partial charge on any atom is 1.00 e. The average Bonchev–Trinajstić information content (AvgIpc) is 2.87. The standard InChI is InChI=1S/C27H29F3N4O2.Na/c28-27(29,30)21-4-3-5-22(18-21)34-16-14-33(15-17-34)13-2-1-6-24-25(31)23(11-12-32-24)19-7-9-20(10-8-19)26(35)36;/h3-5,7-12,18H,1-2,6,13-17,31H2,(H,35,36);/q;+1/p-1. The van der Waals surface area contributed by atoms with Crippen molar-refractivity contribution in [3.8, 4) is 11.1 Å². The number of aryl methyl sites for hydroxylation is 1. The predicted octanol–water partition coefficient (Wildman–Crippen LogP) is 0.862. The first-order chi connectivity index (χ1) is 17.2. The van der Waals surface area contributed by atoms with Crippen LogP contribution in [0.1, 0.15) is 34.5 Å². The van der Waals surface area contributed by atoms with Crippen LogP contribution in [0, 0.1) is 0 Å². The fourth-order valence-corrected chi connectivity index (χ4v) is 4.49. The van der Waals surface area contributed by atoms with Crippen molar-refractivity contribution < 1.29 is 52.6 Å². The molecule has 2 heterocycles. The molecule has 0 amide bonds. The fourth-order valence-electron chi connectivity index (χ4n) is 4.49. The second-order valence-corrected chi connectivity index (χ2v) is 8.92. The molecule has 1 aliphatic rings. The van der Waals surface area contributed by atoms with Crippen LogP contribution >= 0.6 is 0 Å². The van der Waals surface area contributed by atoms with E-state index in [1.165, 1.54) is 24.3 Å². The largest absolute Gasteiger partial charge is 1.00 e. The number of anilines is 2. The van der Waals surface area contributed by atoms with Crippen molar-refractivity contribution in [2.75, 3.05) is 43.4 Å². The minimum atomic E-state index is -4.34. The SMILES string of the molecule is Nc1c(-c2ccc(C(=O)[O-])cc2)ccnc1CCCCN1CCN(c2cccc(C(F)(F)F)c2)CC1.[Na+]. The van der Waals surface area contributed by atoms with E-state index in [2.05, 4.69) is 9.88 Å². The van der Waals surface area contributed by atoms with Gasteiger partial charge in [0, 0.05) is 43.6 Å². The van der Waals surface area contributed by atoms with Gasteiger partial charge in [0.05, 0.1) is 22.9 Å². The summed E-state index contributed by atoms with van der Waals surface area (Å²) in [6.45, 7) is 3.88. The number of hydrogen-bond acceptors (Lipinski definition) is 6. The number of benzene rings is 2. The Morgan fingerprint density at radius 3 is 2.35 bits per heavy atom. The first kappa shape index (κ1) is 29.0. The zero-order chi connectivity index (χ0) is 25.7. The molecule has 10 heteroatoms. The first-order valence-electron chi connectivity index (χ1n) is 11.9. The van der Waals surface area contributed by atoms with E-state index in [1.807, 2.05) is 11.0 Å². The number of rotatable bonds is 8. The number of pyridine rings is 1. The summed E-state index contributed by atoms with van der Waals surface area (Å²) in [5, 5.41) is 11.0. The molecule has 190 valence electrons. The number of piperazine rings is 1. The van der Waals surface area contributed by atoms with Crippen molar-refractivity contribution >= 4 is 17.3 Å². The van der Waals surface area contributed by atoms with Crippen molar-refractivity contribution in [1.82, 2.24) is 9.88 Å². The minimum Gasteiger partial charge on any atom is -0.545 e. The molecule has 2 aromatic carbocycles. The van der Waals surface area contributed by atoms with Gasteiger partial charge in [-0.3, -0.25) is 9.88 Å². The van der Waals surface area contributed by atoms with Gasteiger partial charge in [-0.15, -0.1) is 0 Å². The zero-order valence-electron chi connectivity index (χ0n) is 20.8. The normalized spacial score (nSPS) is 14.3. The van der Waals surface area contributed by atoms with Gasteiger partial charge in [-0.1, -0.05) is 30.3 Å². The summed E-state index contributed by atoms with van der Waals surface area (Å²) in [5.41, 5.74) is 9.51. The van der Waals surface area contributed by atoms with Gasteiger partial charge in [0.15, 0.2) is 0 Å². The maximum atomic E-state index is 13.0. The molecule has 0 atom stereocenters. The van der Waals surface area contributed by atoms with E-state index in [0.29, 0.717) is 24.5 Å². The number of alkyl halides is 3. The molecule has 0 saturated carbocycles. The number of carbonyl (C=O) groups excluding carboxylic acids is 1. The van der Waals surface area contributed by atoms with Crippen LogP contribution in [0.2, 0.25) is 0 Å². The Balaban J connectivity index is 0.00000380. The molecule has 0 aliphatic carbocycles. The fraction of sp³-hybridized carbons (Fsp3) is 0.333. The van der Waals surface area contributed by atoms with E-state index in [1.54, 1.807) is 24.4 Å². The minimum absolute atomic E-state index is 0. The van der Waals surface area contributed by atoms with Gasteiger partial charge in [0.1, 0.15) is 0 Å². The summed E-state index contributed by atoms with van der Waals surface area (Å²) in [7, 11) is 0. The zero-order valence-corrected chi connectivity index (χ0v) is 22.8. The van der Waals surface area contributed by atoms with E-state index >= 15 is 0 Å². The van der Waals surface area contributed by atoms with E-state index < -0.39 is 17.7 Å². The summed E-state index contributed by atoms with van der Waals surface area (Å²) in [6.07, 6.45) is -0.0483. The summed E-state index contributed by atoms with van der Waals surface area (Å²) < 4.78 is 39.0.